The number of aromatic nitrogens is 4. The molecule has 17 nitrogen and oxygen atoms in total. The van der Waals surface area contributed by atoms with E-state index in [-0.39, 0.29) is 25.0 Å². The third kappa shape index (κ3) is 5.56. The van der Waals surface area contributed by atoms with E-state index in [9.17, 15) is 19.4 Å². The lowest BCUT2D eigenvalue weighted by molar-refractivity contribution is -0.233. The number of nitrogens with zero attached hydrogens (tertiary/aromatic N) is 5. The average Bonchev–Trinajstić information content (AvgIpc) is 3.58. The first-order chi connectivity index (χ1) is 17.6. The molecule has 0 spiro atoms. The summed E-state index contributed by atoms with van der Waals surface area (Å²) < 4.78 is 35.9. The molecular weight excluding hydrogens is 525 g/mol. The van der Waals surface area contributed by atoms with Gasteiger partial charge in [0.2, 0.25) is 0 Å². The zero-order chi connectivity index (χ0) is 26.3. The van der Waals surface area contributed by atoms with Gasteiger partial charge in [0.15, 0.2) is 17.7 Å². The Hall–Kier alpha value is -2.99. The van der Waals surface area contributed by atoms with Gasteiger partial charge in [0.1, 0.15) is 36.4 Å². The second-order valence-electron chi connectivity index (χ2n) is 8.67. The third-order valence-electron chi connectivity index (χ3n) is 6.14. The maximum Gasteiger partial charge on any atom is 0.325 e. The number of carbonyl (C=O) groups excluding carboxylic acids is 1. The molecule has 2 aromatic heterocycles. The topological polar surface area (TPSA) is 262 Å². The fraction of sp³-hybridized carbons (Fsp3) is 0.500. The van der Waals surface area contributed by atoms with Crippen LogP contribution in [-0.4, -0.2) is 79.5 Å². The number of ether oxygens (including phenoxy) is 2. The molecule has 2 aromatic rings. The van der Waals surface area contributed by atoms with E-state index >= 15 is 0 Å². The molecule has 0 radical (unpaired) electrons. The van der Waals surface area contributed by atoms with Gasteiger partial charge in [-0.1, -0.05) is 6.08 Å². The Kier molecular flexibility index (Phi) is 8.12. The number of urea groups is 1. The van der Waals surface area contributed by atoms with Crippen molar-refractivity contribution in [3.8, 4) is 0 Å². The monoisotopic (exact) mass is 555 g/mol. The lowest BCUT2D eigenvalue weighted by Gasteiger charge is -2.32. The first-order valence-electron chi connectivity index (χ1n) is 11.3. The number of aliphatic hydroxyl groups is 1. The molecule has 3 aliphatic heterocycles. The number of imidazole rings is 1. The van der Waals surface area contributed by atoms with Crippen LogP contribution in [0.5, 0.6) is 0 Å². The average molecular weight is 555 g/mol. The molecule has 38 heavy (non-hydrogen) atoms. The molecule has 0 aromatic carbocycles. The third-order valence-corrected chi connectivity index (χ3v) is 7.14. The number of rotatable bonds is 8. The molecule has 3 aliphatic rings. The van der Waals surface area contributed by atoms with Crippen molar-refractivity contribution in [2.75, 3.05) is 18.9 Å². The van der Waals surface area contributed by atoms with E-state index in [1.165, 1.54) is 23.8 Å². The van der Waals surface area contributed by atoms with Gasteiger partial charge in [-0.25, -0.2) is 19.7 Å². The van der Waals surface area contributed by atoms with Crippen LogP contribution in [0.2, 0.25) is 0 Å². The Bertz CT molecular complexity index is 1290. The van der Waals surface area contributed by atoms with Crippen molar-refractivity contribution in [2.45, 2.75) is 50.3 Å². The number of phosphoric acid groups is 1. The minimum atomic E-state index is -4.84. The Morgan fingerprint density at radius 2 is 2.11 bits per heavy atom. The van der Waals surface area contributed by atoms with Crippen LogP contribution in [0.25, 0.3) is 11.2 Å². The normalized spacial score (nSPS) is 30.7. The second-order valence-corrected chi connectivity index (χ2v) is 10.0. The maximum atomic E-state index is 12.6. The van der Waals surface area contributed by atoms with Crippen LogP contribution in [0.3, 0.4) is 0 Å². The van der Waals surface area contributed by atoms with Crippen molar-refractivity contribution in [3.05, 3.63) is 36.6 Å². The molecule has 1 saturated heterocycles. The highest BCUT2D eigenvalue weighted by Gasteiger charge is 2.43. The van der Waals surface area contributed by atoms with E-state index in [0.717, 1.165) is 0 Å². The van der Waals surface area contributed by atoms with Crippen LogP contribution in [-0.2, 0) is 23.1 Å². The fourth-order valence-electron chi connectivity index (χ4n) is 4.20. The summed E-state index contributed by atoms with van der Waals surface area (Å²) in [5.41, 5.74) is 13.1. The number of nitrogens with one attached hydrogen (secondary N) is 1. The highest BCUT2D eigenvalue weighted by Crippen LogP contribution is 2.44. The van der Waals surface area contributed by atoms with Gasteiger partial charge in [0.25, 0.3) is 7.82 Å². The Labute approximate surface area is 216 Å². The van der Waals surface area contributed by atoms with Crippen molar-refractivity contribution in [2.24, 2.45) is 5.73 Å². The molecule has 7 unspecified atom stereocenters. The number of amides is 2. The van der Waals surface area contributed by atoms with E-state index in [2.05, 4.69) is 20.3 Å². The predicted molar refractivity (Wildman–Crippen MR) is 130 cm³/mol. The second kappa shape index (κ2) is 11.0. The molecular formula is C20H30N9O8P. The van der Waals surface area contributed by atoms with E-state index in [1.807, 2.05) is 0 Å². The van der Waals surface area contributed by atoms with Crippen LogP contribution in [0, 0.1) is 0 Å². The summed E-state index contributed by atoms with van der Waals surface area (Å²) in [6.07, 6.45) is 2.75. The number of hydrogen-bond acceptors (Lipinski definition) is 13. The number of phosphoric ester groups is 1. The zero-order valence-corrected chi connectivity index (χ0v) is 21.5. The Balaban J connectivity index is 0.00000336. The first kappa shape index (κ1) is 28.0. The van der Waals surface area contributed by atoms with Crippen molar-refractivity contribution in [1.82, 2.24) is 35.9 Å². The summed E-state index contributed by atoms with van der Waals surface area (Å²) in [7, 11) is -4.84. The van der Waals surface area contributed by atoms with Gasteiger partial charge in [-0.15, -0.1) is 0 Å². The van der Waals surface area contributed by atoms with Crippen molar-refractivity contribution in [3.63, 3.8) is 0 Å². The highest BCUT2D eigenvalue weighted by atomic mass is 31.2. The Morgan fingerprint density at radius 1 is 1.32 bits per heavy atom. The first-order valence-corrected chi connectivity index (χ1v) is 12.8. The van der Waals surface area contributed by atoms with E-state index in [4.69, 9.17) is 30.0 Å². The number of quaternary nitrogens is 1. The maximum absolute atomic E-state index is 12.6. The molecule has 208 valence electrons. The molecule has 5 rings (SSSR count). The lowest BCUT2D eigenvalue weighted by atomic mass is 10.1. The smallest absolute Gasteiger partial charge is 0.325 e. The molecule has 5 heterocycles. The molecule has 0 saturated carbocycles. The SMILES string of the molecule is CC1=CN(C2CC(OP(=O)([O-])OCC3C=CC(n4cnc5c(N)ncnc54)O3)C(CO)O2)C(=O)NC1N.[NH4+]. The number of carbonyl (C=O) groups is 1. The van der Waals surface area contributed by atoms with Gasteiger partial charge in [-0.05, 0) is 18.6 Å². The number of nitrogens with two attached hydrogens (primary N) is 2. The Morgan fingerprint density at radius 3 is 2.87 bits per heavy atom. The number of hydrogen-bond donors (Lipinski definition) is 5. The summed E-state index contributed by atoms with van der Waals surface area (Å²) in [6, 6.07) is -0.512. The van der Waals surface area contributed by atoms with E-state index in [1.54, 1.807) is 23.6 Å². The summed E-state index contributed by atoms with van der Waals surface area (Å²) in [6.45, 7) is 0.848. The molecule has 2 amide bonds. The van der Waals surface area contributed by atoms with Crippen LogP contribution in [0.4, 0.5) is 10.6 Å². The van der Waals surface area contributed by atoms with Crippen molar-refractivity contribution < 1.29 is 37.9 Å². The summed E-state index contributed by atoms with van der Waals surface area (Å²) >= 11 is 0. The quantitative estimate of drug-likeness (QED) is 0.202. The van der Waals surface area contributed by atoms with Crippen LogP contribution in [0.15, 0.2) is 36.6 Å². The number of aliphatic hydroxyl groups excluding tert-OH is 1. The van der Waals surface area contributed by atoms with Gasteiger partial charge in [-0.3, -0.25) is 14.0 Å². The molecule has 0 aliphatic carbocycles. The molecule has 0 bridgehead atoms. The molecule has 18 heteroatoms. The van der Waals surface area contributed by atoms with Gasteiger partial charge >= 0.3 is 6.03 Å². The summed E-state index contributed by atoms with van der Waals surface area (Å²) in [5.74, 6) is 0.227. The number of nitrogen functional groups attached to an aromatic ring is 1. The van der Waals surface area contributed by atoms with Crippen molar-refractivity contribution in [1.29, 1.82) is 0 Å². The molecule has 1 fully saturated rings. The zero-order valence-electron chi connectivity index (χ0n) is 20.6. The molecule has 10 N–H and O–H groups in total. The number of fused-ring (bicyclic) bond motifs is 1. The lowest BCUT2D eigenvalue weighted by Crippen LogP contribution is -2.54. The van der Waals surface area contributed by atoms with Crippen LogP contribution >= 0.6 is 7.82 Å². The fourth-order valence-corrected chi connectivity index (χ4v) is 5.14. The minimum Gasteiger partial charge on any atom is -0.756 e. The summed E-state index contributed by atoms with van der Waals surface area (Å²) in [5, 5.41) is 12.2. The largest absolute Gasteiger partial charge is 0.756 e. The van der Waals surface area contributed by atoms with Gasteiger partial charge < -0.3 is 51.5 Å². The highest BCUT2D eigenvalue weighted by molar-refractivity contribution is 7.45. The van der Waals surface area contributed by atoms with Crippen LogP contribution in [0.1, 0.15) is 19.6 Å². The van der Waals surface area contributed by atoms with E-state index < -0.39 is 57.4 Å². The van der Waals surface area contributed by atoms with Gasteiger partial charge in [0, 0.05) is 12.6 Å². The minimum absolute atomic E-state index is 0. The predicted octanol–water partition coefficient (Wildman–Crippen LogP) is -0.570. The summed E-state index contributed by atoms with van der Waals surface area (Å²) in [4.78, 5) is 38.3. The van der Waals surface area contributed by atoms with E-state index in [0.29, 0.717) is 16.7 Å². The standard InChI is InChI=1S/C20H27N8O8P.H3N/c1-10-5-27(20(30)26-17(10)21)15-4-12(13(6-29)35-15)36-37(31,32)33-7-11-2-3-14(34-11)28-9-25-16-18(22)23-8-24-19(16)28;/h2-3,5,8-9,11-15,17,29H,4,6-7,21H2,1H3,(H,26,30)(H,31,32)(H2,22,23,24);1H3. The van der Waals surface area contributed by atoms with Gasteiger partial charge in [-0.2, -0.15) is 0 Å². The van der Waals surface area contributed by atoms with Gasteiger partial charge in [0.05, 0.1) is 25.6 Å². The number of anilines is 1. The van der Waals surface area contributed by atoms with Crippen molar-refractivity contribution >= 4 is 30.8 Å². The molecule has 7 atom stereocenters. The van der Waals surface area contributed by atoms with Crippen LogP contribution < -0.4 is 27.8 Å².